The lowest BCUT2D eigenvalue weighted by Crippen LogP contribution is -2.04. The van der Waals surface area contributed by atoms with Crippen LogP contribution in [0.5, 0.6) is 5.75 Å². The Kier molecular flexibility index (Phi) is 3.49. The molecule has 0 amide bonds. The van der Waals surface area contributed by atoms with Crippen molar-refractivity contribution in [1.29, 1.82) is 0 Å². The van der Waals surface area contributed by atoms with Gasteiger partial charge in [0, 0.05) is 11.8 Å². The Morgan fingerprint density at radius 1 is 1.53 bits per heavy atom. The quantitative estimate of drug-likeness (QED) is 0.784. The molecular weight excluding hydrogens is 241 g/mol. The fraction of sp³-hybridized carbons (Fsp3) is 0.167. The van der Waals surface area contributed by atoms with E-state index in [0.717, 1.165) is 0 Å². The summed E-state index contributed by atoms with van der Waals surface area (Å²) >= 11 is 1.36. The van der Waals surface area contributed by atoms with E-state index < -0.39 is 5.82 Å². The van der Waals surface area contributed by atoms with Crippen molar-refractivity contribution in [2.75, 3.05) is 7.11 Å². The molecule has 0 aliphatic rings. The Balaban J connectivity index is 2.14. The molecule has 0 saturated carbocycles. The first-order valence-electron chi connectivity index (χ1n) is 4.94. The third kappa shape index (κ3) is 2.68. The lowest BCUT2D eigenvalue weighted by molar-refractivity contribution is 0.0989. The van der Waals surface area contributed by atoms with Crippen molar-refractivity contribution in [3.63, 3.8) is 0 Å². The Labute approximate surface area is 102 Å². The first kappa shape index (κ1) is 11.7. The molecule has 1 aromatic heterocycles. The number of methoxy groups -OCH3 is 1. The Hall–Kier alpha value is -1.75. The molecule has 0 spiro atoms. The number of rotatable bonds is 4. The fourth-order valence-electron chi connectivity index (χ4n) is 1.45. The first-order chi connectivity index (χ1) is 8.20. The van der Waals surface area contributed by atoms with Gasteiger partial charge in [0.05, 0.1) is 12.6 Å². The number of hydrogen-bond donors (Lipinski definition) is 0. The van der Waals surface area contributed by atoms with Crippen LogP contribution >= 0.6 is 11.3 Å². The van der Waals surface area contributed by atoms with Crippen molar-refractivity contribution < 1.29 is 13.9 Å². The molecule has 1 aromatic carbocycles. The van der Waals surface area contributed by atoms with Gasteiger partial charge < -0.3 is 4.74 Å². The molecule has 17 heavy (non-hydrogen) atoms. The first-order valence-corrected chi connectivity index (χ1v) is 5.89. The van der Waals surface area contributed by atoms with E-state index in [0.29, 0.717) is 11.3 Å². The minimum atomic E-state index is -0.462. The Morgan fingerprint density at radius 3 is 2.94 bits per heavy atom. The predicted molar refractivity (Wildman–Crippen MR) is 63.1 cm³/mol. The molecule has 0 N–H and O–H groups in total. The number of ether oxygens (including phenoxy) is 1. The van der Waals surface area contributed by atoms with Crippen molar-refractivity contribution in [2.24, 2.45) is 0 Å². The SMILES string of the molecule is COc1ccc(CC(=O)c2cscn2)cc1F. The van der Waals surface area contributed by atoms with Gasteiger partial charge in [-0.15, -0.1) is 11.3 Å². The van der Waals surface area contributed by atoms with Crippen molar-refractivity contribution in [3.05, 3.63) is 46.2 Å². The lowest BCUT2D eigenvalue weighted by Gasteiger charge is -2.04. The number of ketones is 1. The molecule has 88 valence electrons. The second kappa shape index (κ2) is 5.05. The van der Waals surface area contributed by atoms with Gasteiger partial charge in [-0.25, -0.2) is 9.37 Å². The van der Waals surface area contributed by atoms with Gasteiger partial charge in [0.25, 0.3) is 0 Å². The van der Waals surface area contributed by atoms with Gasteiger partial charge >= 0.3 is 0 Å². The highest BCUT2D eigenvalue weighted by Crippen LogP contribution is 2.18. The van der Waals surface area contributed by atoms with E-state index in [-0.39, 0.29) is 18.0 Å². The van der Waals surface area contributed by atoms with Crippen LogP contribution in [0.15, 0.2) is 29.1 Å². The second-order valence-electron chi connectivity index (χ2n) is 3.44. The summed E-state index contributed by atoms with van der Waals surface area (Å²) in [6.45, 7) is 0. The van der Waals surface area contributed by atoms with Crippen LogP contribution in [0.1, 0.15) is 16.1 Å². The van der Waals surface area contributed by atoms with Crippen LogP contribution in [-0.2, 0) is 6.42 Å². The summed E-state index contributed by atoms with van der Waals surface area (Å²) in [5, 5.41) is 1.68. The van der Waals surface area contributed by atoms with Crippen molar-refractivity contribution in [1.82, 2.24) is 4.98 Å². The Morgan fingerprint density at radius 2 is 2.35 bits per heavy atom. The molecule has 0 aliphatic carbocycles. The lowest BCUT2D eigenvalue weighted by atomic mass is 10.1. The van der Waals surface area contributed by atoms with Gasteiger partial charge in [0.1, 0.15) is 5.69 Å². The largest absolute Gasteiger partial charge is 0.494 e. The number of aromatic nitrogens is 1. The molecule has 0 unspecified atom stereocenters. The smallest absolute Gasteiger partial charge is 0.186 e. The van der Waals surface area contributed by atoms with Gasteiger partial charge in [-0.2, -0.15) is 0 Å². The molecule has 2 rings (SSSR count). The maximum atomic E-state index is 13.4. The van der Waals surface area contributed by atoms with E-state index in [1.165, 1.54) is 30.6 Å². The van der Waals surface area contributed by atoms with Crippen LogP contribution in [0, 0.1) is 5.82 Å². The number of Topliss-reactive ketones (excluding diaryl/α,β-unsaturated/α-hetero) is 1. The molecule has 0 radical (unpaired) electrons. The standard InChI is InChI=1S/C12H10FNO2S/c1-16-12-3-2-8(4-9(12)13)5-11(15)10-6-17-7-14-10/h2-4,6-7H,5H2,1H3. The predicted octanol–water partition coefficient (Wildman–Crippen LogP) is 2.72. The van der Waals surface area contributed by atoms with E-state index in [9.17, 15) is 9.18 Å². The number of carbonyl (C=O) groups excluding carboxylic acids is 1. The molecule has 0 aliphatic heterocycles. The van der Waals surface area contributed by atoms with Gasteiger partial charge in [0.2, 0.25) is 0 Å². The van der Waals surface area contributed by atoms with Crippen LogP contribution in [0.25, 0.3) is 0 Å². The molecule has 2 aromatic rings. The van der Waals surface area contributed by atoms with E-state index in [1.54, 1.807) is 17.0 Å². The zero-order valence-electron chi connectivity index (χ0n) is 9.14. The number of thiazole rings is 1. The van der Waals surface area contributed by atoms with Gasteiger partial charge in [0.15, 0.2) is 17.3 Å². The maximum absolute atomic E-state index is 13.4. The monoisotopic (exact) mass is 251 g/mol. The summed E-state index contributed by atoms with van der Waals surface area (Å²) in [5.41, 5.74) is 2.63. The van der Waals surface area contributed by atoms with Crippen molar-refractivity contribution in [2.45, 2.75) is 6.42 Å². The number of carbonyl (C=O) groups is 1. The van der Waals surface area contributed by atoms with Crippen LogP contribution < -0.4 is 4.74 Å². The molecular formula is C12H10FNO2S. The highest BCUT2D eigenvalue weighted by atomic mass is 32.1. The third-order valence-corrected chi connectivity index (χ3v) is 2.89. The third-order valence-electron chi connectivity index (χ3n) is 2.30. The zero-order valence-corrected chi connectivity index (χ0v) is 9.96. The van der Waals surface area contributed by atoms with Gasteiger partial charge in [-0.05, 0) is 17.7 Å². The number of hydrogen-bond acceptors (Lipinski definition) is 4. The van der Waals surface area contributed by atoms with Crippen LogP contribution in [0.2, 0.25) is 0 Å². The summed E-state index contributed by atoms with van der Waals surface area (Å²) in [6.07, 6.45) is 0.143. The molecule has 0 bridgehead atoms. The average Bonchev–Trinajstić information content (AvgIpc) is 2.82. The number of benzene rings is 1. The molecule has 5 heteroatoms. The zero-order chi connectivity index (χ0) is 12.3. The number of nitrogens with zero attached hydrogens (tertiary/aromatic N) is 1. The molecule has 0 atom stereocenters. The molecule has 1 heterocycles. The molecule has 0 fully saturated rings. The minimum absolute atomic E-state index is 0.115. The van der Waals surface area contributed by atoms with Gasteiger partial charge in [-0.1, -0.05) is 6.07 Å². The summed E-state index contributed by atoms with van der Waals surface area (Å²) in [7, 11) is 1.40. The summed E-state index contributed by atoms with van der Waals surface area (Å²) in [5.74, 6) is -0.401. The maximum Gasteiger partial charge on any atom is 0.186 e. The summed E-state index contributed by atoms with van der Waals surface area (Å²) in [6, 6.07) is 4.49. The summed E-state index contributed by atoms with van der Waals surface area (Å²) < 4.78 is 18.2. The highest BCUT2D eigenvalue weighted by molar-refractivity contribution is 7.07. The van der Waals surface area contributed by atoms with Crippen LogP contribution in [0.3, 0.4) is 0 Å². The second-order valence-corrected chi connectivity index (χ2v) is 4.16. The Bertz CT molecular complexity index is 525. The summed E-state index contributed by atoms with van der Waals surface area (Å²) in [4.78, 5) is 15.7. The van der Waals surface area contributed by atoms with E-state index in [4.69, 9.17) is 4.74 Å². The van der Waals surface area contributed by atoms with E-state index >= 15 is 0 Å². The molecule has 3 nitrogen and oxygen atoms in total. The number of halogens is 1. The van der Waals surface area contributed by atoms with Gasteiger partial charge in [-0.3, -0.25) is 4.79 Å². The topological polar surface area (TPSA) is 39.2 Å². The van der Waals surface area contributed by atoms with E-state index in [1.807, 2.05) is 0 Å². The van der Waals surface area contributed by atoms with Crippen molar-refractivity contribution >= 4 is 17.1 Å². The molecule has 0 saturated heterocycles. The minimum Gasteiger partial charge on any atom is -0.494 e. The normalized spacial score (nSPS) is 10.2. The fourth-order valence-corrected chi connectivity index (χ4v) is 2.00. The highest BCUT2D eigenvalue weighted by Gasteiger charge is 2.10. The van der Waals surface area contributed by atoms with Crippen LogP contribution in [-0.4, -0.2) is 17.9 Å². The van der Waals surface area contributed by atoms with Crippen molar-refractivity contribution in [3.8, 4) is 5.75 Å². The van der Waals surface area contributed by atoms with E-state index in [2.05, 4.69) is 4.98 Å². The van der Waals surface area contributed by atoms with Crippen LogP contribution in [0.4, 0.5) is 4.39 Å². The average molecular weight is 251 g/mol.